The van der Waals surface area contributed by atoms with Gasteiger partial charge in [-0.05, 0) is 32.0 Å². The van der Waals surface area contributed by atoms with Crippen LogP contribution in [-0.2, 0) is 9.16 Å². The second-order valence-corrected chi connectivity index (χ2v) is 8.11. The fraction of sp³-hybridized carbons (Fsp3) is 1.00. The van der Waals surface area contributed by atoms with Crippen LogP contribution in [0.4, 0.5) is 0 Å². The van der Waals surface area contributed by atoms with Crippen LogP contribution in [0.15, 0.2) is 0 Å². The Bertz CT molecular complexity index is 105. The minimum atomic E-state index is -1.32. The van der Waals surface area contributed by atoms with Crippen LogP contribution in [0.25, 0.3) is 0 Å². The molecule has 0 heterocycles. The van der Waals surface area contributed by atoms with Gasteiger partial charge in [0.05, 0.1) is 0 Å². The SMILES string of the molecule is CCCOCCC[Si](C)(C)OC. The van der Waals surface area contributed by atoms with E-state index >= 15 is 0 Å². The molecule has 0 amide bonds. The Labute approximate surface area is 77.4 Å². The van der Waals surface area contributed by atoms with Gasteiger partial charge in [-0.15, -0.1) is 0 Å². The van der Waals surface area contributed by atoms with Gasteiger partial charge in [-0.25, -0.2) is 0 Å². The molecule has 2 nitrogen and oxygen atoms in total. The molecule has 0 N–H and O–H groups in total. The van der Waals surface area contributed by atoms with Crippen molar-refractivity contribution in [2.75, 3.05) is 20.3 Å². The maximum atomic E-state index is 5.43. The van der Waals surface area contributed by atoms with Crippen LogP contribution in [0.5, 0.6) is 0 Å². The minimum absolute atomic E-state index is 0.896. The molecule has 0 aromatic rings. The van der Waals surface area contributed by atoms with Gasteiger partial charge >= 0.3 is 0 Å². The largest absolute Gasteiger partial charge is 0.420 e. The highest BCUT2D eigenvalue weighted by molar-refractivity contribution is 6.71. The molecule has 0 spiro atoms. The lowest BCUT2D eigenvalue weighted by Crippen LogP contribution is -2.28. The first-order valence-corrected chi connectivity index (χ1v) is 7.87. The Morgan fingerprint density at radius 3 is 2.33 bits per heavy atom. The summed E-state index contributed by atoms with van der Waals surface area (Å²) in [6.07, 6.45) is 2.26. The summed E-state index contributed by atoms with van der Waals surface area (Å²) in [5, 5.41) is 0. The zero-order valence-corrected chi connectivity index (χ0v) is 9.85. The minimum Gasteiger partial charge on any atom is -0.420 e. The standard InChI is InChI=1S/C9H22O2Si/c1-5-7-11-8-6-9-12(3,4)10-2/h5-9H2,1-4H3. The summed E-state index contributed by atoms with van der Waals surface area (Å²) < 4.78 is 10.8. The van der Waals surface area contributed by atoms with Gasteiger partial charge in [0, 0.05) is 20.3 Å². The average molecular weight is 190 g/mol. The van der Waals surface area contributed by atoms with Crippen molar-refractivity contribution in [3.8, 4) is 0 Å². The van der Waals surface area contributed by atoms with Gasteiger partial charge in [-0.1, -0.05) is 6.92 Å². The van der Waals surface area contributed by atoms with Crippen LogP contribution in [0.1, 0.15) is 19.8 Å². The summed E-state index contributed by atoms with van der Waals surface area (Å²) in [6, 6.07) is 1.20. The molecule has 12 heavy (non-hydrogen) atoms. The molecule has 0 aliphatic rings. The van der Waals surface area contributed by atoms with E-state index in [0.29, 0.717) is 0 Å². The van der Waals surface area contributed by atoms with Crippen LogP contribution >= 0.6 is 0 Å². The molecule has 0 saturated carbocycles. The number of rotatable bonds is 7. The maximum Gasteiger partial charge on any atom is 0.186 e. The molecule has 0 aliphatic heterocycles. The molecule has 0 bridgehead atoms. The monoisotopic (exact) mass is 190 g/mol. The highest BCUT2D eigenvalue weighted by Crippen LogP contribution is 2.11. The summed E-state index contributed by atoms with van der Waals surface area (Å²) in [5.74, 6) is 0. The van der Waals surface area contributed by atoms with E-state index in [1.54, 1.807) is 0 Å². The first-order chi connectivity index (χ1) is 5.62. The fourth-order valence-corrected chi connectivity index (χ4v) is 2.15. The van der Waals surface area contributed by atoms with E-state index < -0.39 is 8.32 Å². The van der Waals surface area contributed by atoms with Crippen LogP contribution in [0.3, 0.4) is 0 Å². The highest BCUT2D eigenvalue weighted by Gasteiger charge is 2.19. The Balaban J connectivity index is 3.19. The van der Waals surface area contributed by atoms with Gasteiger partial charge in [0.15, 0.2) is 8.32 Å². The van der Waals surface area contributed by atoms with Gasteiger partial charge in [-0.3, -0.25) is 0 Å². The predicted molar refractivity (Wildman–Crippen MR) is 55.0 cm³/mol. The Morgan fingerprint density at radius 1 is 1.17 bits per heavy atom. The average Bonchev–Trinajstić information content (AvgIpc) is 2.04. The lowest BCUT2D eigenvalue weighted by atomic mass is 10.5. The third-order valence-corrected chi connectivity index (χ3v) is 4.63. The molecule has 74 valence electrons. The second kappa shape index (κ2) is 6.63. The first kappa shape index (κ1) is 12.1. The molecule has 0 radical (unpaired) electrons. The van der Waals surface area contributed by atoms with Crippen molar-refractivity contribution < 1.29 is 9.16 Å². The lowest BCUT2D eigenvalue weighted by Gasteiger charge is -2.19. The number of ether oxygens (including phenoxy) is 1. The van der Waals surface area contributed by atoms with E-state index in [-0.39, 0.29) is 0 Å². The van der Waals surface area contributed by atoms with Crippen LogP contribution in [0, 0.1) is 0 Å². The molecule has 0 aromatic carbocycles. The number of hydrogen-bond acceptors (Lipinski definition) is 2. The van der Waals surface area contributed by atoms with Gasteiger partial charge in [0.1, 0.15) is 0 Å². The Hall–Kier alpha value is 0.137. The van der Waals surface area contributed by atoms with Crippen molar-refractivity contribution in [3.63, 3.8) is 0 Å². The van der Waals surface area contributed by atoms with E-state index in [9.17, 15) is 0 Å². The summed E-state index contributed by atoms with van der Waals surface area (Å²) >= 11 is 0. The van der Waals surface area contributed by atoms with E-state index in [1.807, 2.05) is 7.11 Å². The van der Waals surface area contributed by atoms with Crippen molar-refractivity contribution in [1.82, 2.24) is 0 Å². The topological polar surface area (TPSA) is 18.5 Å². The molecular weight excluding hydrogens is 168 g/mol. The normalized spacial score (nSPS) is 12.0. The maximum absolute atomic E-state index is 5.43. The first-order valence-electron chi connectivity index (χ1n) is 4.75. The molecular formula is C9H22O2Si. The van der Waals surface area contributed by atoms with Crippen molar-refractivity contribution in [2.24, 2.45) is 0 Å². The van der Waals surface area contributed by atoms with Crippen molar-refractivity contribution in [2.45, 2.75) is 38.9 Å². The van der Waals surface area contributed by atoms with E-state index in [4.69, 9.17) is 9.16 Å². The Kier molecular flexibility index (Phi) is 6.71. The van der Waals surface area contributed by atoms with Gasteiger partial charge in [0.25, 0.3) is 0 Å². The molecule has 3 heteroatoms. The zero-order chi connectivity index (χ0) is 9.45. The molecule has 0 rings (SSSR count). The molecule has 0 aliphatic carbocycles. The van der Waals surface area contributed by atoms with Crippen molar-refractivity contribution >= 4 is 8.32 Å². The molecule has 0 fully saturated rings. The molecule has 0 unspecified atom stereocenters. The smallest absolute Gasteiger partial charge is 0.186 e. The quantitative estimate of drug-likeness (QED) is 0.454. The summed E-state index contributed by atoms with van der Waals surface area (Å²) in [5.41, 5.74) is 0. The predicted octanol–water partition coefficient (Wildman–Crippen LogP) is 2.65. The van der Waals surface area contributed by atoms with Crippen LogP contribution in [0.2, 0.25) is 19.1 Å². The second-order valence-electron chi connectivity index (χ2n) is 3.68. The van der Waals surface area contributed by atoms with Crippen LogP contribution < -0.4 is 0 Å². The number of hydrogen-bond donors (Lipinski definition) is 0. The summed E-state index contributed by atoms with van der Waals surface area (Å²) in [4.78, 5) is 0. The molecule has 0 atom stereocenters. The van der Waals surface area contributed by atoms with E-state index in [0.717, 1.165) is 26.1 Å². The Morgan fingerprint density at radius 2 is 1.83 bits per heavy atom. The van der Waals surface area contributed by atoms with Crippen molar-refractivity contribution in [3.05, 3.63) is 0 Å². The van der Waals surface area contributed by atoms with Crippen molar-refractivity contribution in [1.29, 1.82) is 0 Å². The summed E-state index contributed by atoms with van der Waals surface area (Å²) in [6.45, 7) is 8.41. The van der Waals surface area contributed by atoms with E-state index in [2.05, 4.69) is 20.0 Å². The van der Waals surface area contributed by atoms with Gasteiger partial charge in [-0.2, -0.15) is 0 Å². The molecule has 0 aromatic heterocycles. The summed E-state index contributed by atoms with van der Waals surface area (Å²) in [7, 11) is 0.501. The lowest BCUT2D eigenvalue weighted by molar-refractivity contribution is 0.134. The molecule has 0 saturated heterocycles. The van der Waals surface area contributed by atoms with Crippen LogP contribution in [-0.4, -0.2) is 28.6 Å². The highest BCUT2D eigenvalue weighted by atomic mass is 28.4. The fourth-order valence-electron chi connectivity index (χ4n) is 0.948. The van der Waals surface area contributed by atoms with E-state index in [1.165, 1.54) is 6.04 Å². The van der Waals surface area contributed by atoms with Gasteiger partial charge < -0.3 is 9.16 Å². The third kappa shape index (κ3) is 6.82. The third-order valence-electron chi connectivity index (χ3n) is 1.97. The zero-order valence-electron chi connectivity index (χ0n) is 8.85. The van der Waals surface area contributed by atoms with Gasteiger partial charge in [0.2, 0.25) is 0 Å².